The first-order valence-corrected chi connectivity index (χ1v) is 5.37. The van der Waals surface area contributed by atoms with Crippen molar-refractivity contribution >= 4 is 5.69 Å². The van der Waals surface area contributed by atoms with E-state index in [2.05, 4.69) is 5.32 Å². The molecule has 1 aliphatic heterocycles. The van der Waals surface area contributed by atoms with Crippen LogP contribution in [0.15, 0.2) is 16.9 Å². The predicted octanol–water partition coefficient (Wildman–Crippen LogP) is 2.79. The van der Waals surface area contributed by atoms with Gasteiger partial charge in [0.2, 0.25) is 0 Å². The lowest BCUT2D eigenvalue weighted by molar-refractivity contribution is 0.0366. The highest BCUT2D eigenvalue weighted by molar-refractivity contribution is 5.55. The monoisotopic (exact) mass is 193 g/mol. The zero-order chi connectivity index (χ0) is 9.43. The number of hydrogen-bond donors (Lipinski definition) is 1. The second-order valence-corrected chi connectivity index (χ2v) is 4.35. The summed E-state index contributed by atoms with van der Waals surface area (Å²) in [5, 5.41) is 3.38. The molecule has 0 unspecified atom stereocenters. The molecule has 1 aromatic rings. The highest BCUT2D eigenvalue weighted by Crippen LogP contribution is 2.40. The van der Waals surface area contributed by atoms with Gasteiger partial charge in [-0.05, 0) is 25.7 Å². The summed E-state index contributed by atoms with van der Waals surface area (Å²) in [6.45, 7) is 0.930. The van der Waals surface area contributed by atoms with Gasteiger partial charge in [0.05, 0.1) is 6.54 Å². The van der Waals surface area contributed by atoms with Crippen LogP contribution in [0.5, 0.6) is 5.75 Å². The zero-order valence-corrected chi connectivity index (χ0v) is 8.21. The van der Waals surface area contributed by atoms with Crippen LogP contribution in [0.1, 0.15) is 32.1 Å². The molecule has 3 rings (SSSR count). The fraction of sp³-hybridized carbons (Fsp3) is 0.636. The van der Waals surface area contributed by atoms with Crippen molar-refractivity contribution in [3.63, 3.8) is 0 Å². The Labute approximate surface area is 83.4 Å². The normalized spacial score (nSPS) is 23.7. The first-order chi connectivity index (χ1) is 6.88. The van der Waals surface area contributed by atoms with Crippen LogP contribution in [-0.2, 0) is 0 Å². The summed E-state index contributed by atoms with van der Waals surface area (Å²) in [5.74, 6) is 0.887. The molecule has 1 saturated carbocycles. The lowest BCUT2D eigenvalue weighted by Crippen LogP contribution is -2.46. The molecule has 0 aromatic carbocycles. The molecular weight excluding hydrogens is 178 g/mol. The van der Waals surface area contributed by atoms with Gasteiger partial charge in [-0.15, -0.1) is 0 Å². The Morgan fingerprint density at radius 1 is 1.14 bits per heavy atom. The van der Waals surface area contributed by atoms with Gasteiger partial charge in [-0.2, -0.15) is 0 Å². The van der Waals surface area contributed by atoms with Crippen molar-refractivity contribution in [2.75, 3.05) is 11.9 Å². The van der Waals surface area contributed by atoms with Gasteiger partial charge in [-0.3, -0.25) is 0 Å². The van der Waals surface area contributed by atoms with Crippen molar-refractivity contribution < 1.29 is 9.15 Å². The lowest BCUT2D eigenvalue weighted by atomic mass is 9.84. The van der Waals surface area contributed by atoms with Crippen LogP contribution in [0, 0.1) is 0 Å². The van der Waals surface area contributed by atoms with Crippen molar-refractivity contribution in [1.82, 2.24) is 0 Å². The number of furan rings is 1. The maximum absolute atomic E-state index is 6.04. The van der Waals surface area contributed by atoms with Crippen LogP contribution < -0.4 is 10.1 Å². The number of rotatable bonds is 0. The lowest BCUT2D eigenvalue weighted by Gasteiger charge is -2.40. The summed E-state index contributed by atoms with van der Waals surface area (Å²) in [5.41, 5.74) is 1.05. The van der Waals surface area contributed by atoms with E-state index in [1.165, 1.54) is 32.1 Å². The number of fused-ring (bicyclic) bond motifs is 1. The van der Waals surface area contributed by atoms with E-state index >= 15 is 0 Å². The molecule has 2 heterocycles. The second-order valence-electron chi connectivity index (χ2n) is 4.35. The standard InChI is InChI=1S/C11H15NO2/c1-2-4-11(5-3-1)8-12-9-6-13-7-10(9)14-11/h6-7,12H,1-5,8H2. The third kappa shape index (κ3) is 1.19. The minimum atomic E-state index is 0.0507. The van der Waals surface area contributed by atoms with Gasteiger partial charge in [0.25, 0.3) is 0 Å². The summed E-state index contributed by atoms with van der Waals surface area (Å²) < 4.78 is 11.2. The highest BCUT2D eigenvalue weighted by atomic mass is 16.5. The van der Waals surface area contributed by atoms with Crippen molar-refractivity contribution in [3.05, 3.63) is 12.5 Å². The van der Waals surface area contributed by atoms with Crippen LogP contribution in [0.3, 0.4) is 0 Å². The van der Waals surface area contributed by atoms with Crippen molar-refractivity contribution in [2.24, 2.45) is 0 Å². The number of hydrogen-bond acceptors (Lipinski definition) is 3. The van der Waals surface area contributed by atoms with Crippen LogP contribution in [0.25, 0.3) is 0 Å². The molecule has 1 N–H and O–H groups in total. The van der Waals surface area contributed by atoms with E-state index < -0.39 is 0 Å². The maximum Gasteiger partial charge on any atom is 0.181 e. The Bertz CT molecular complexity index is 326. The predicted molar refractivity (Wildman–Crippen MR) is 53.6 cm³/mol. The minimum absolute atomic E-state index is 0.0507. The van der Waals surface area contributed by atoms with Gasteiger partial charge in [0.1, 0.15) is 23.8 Å². The summed E-state index contributed by atoms with van der Waals surface area (Å²) in [4.78, 5) is 0. The fourth-order valence-electron chi connectivity index (χ4n) is 2.49. The largest absolute Gasteiger partial charge is 0.480 e. The van der Waals surface area contributed by atoms with E-state index in [0.717, 1.165) is 18.0 Å². The molecule has 1 aromatic heterocycles. The SMILES string of the molecule is c1occ2c1NCC1(CCCCC1)O2. The molecule has 2 aliphatic rings. The van der Waals surface area contributed by atoms with Crippen LogP contribution in [-0.4, -0.2) is 12.1 Å². The summed E-state index contributed by atoms with van der Waals surface area (Å²) in [7, 11) is 0. The molecule has 0 amide bonds. The van der Waals surface area contributed by atoms with Crippen LogP contribution in [0.2, 0.25) is 0 Å². The number of anilines is 1. The Morgan fingerprint density at radius 3 is 2.86 bits per heavy atom. The Kier molecular flexibility index (Phi) is 1.72. The molecule has 3 nitrogen and oxygen atoms in total. The molecule has 1 fully saturated rings. The van der Waals surface area contributed by atoms with Crippen molar-refractivity contribution in [1.29, 1.82) is 0 Å². The van der Waals surface area contributed by atoms with E-state index in [1.807, 2.05) is 0 Å². The molecule has 76 valence electrons. The van der Waals surface area contributed by atoms with Gasteiger partial charge >= 0.3 is 0 Å². The Hall–Kier alpha value is -1.12. The molecule has 1 spiro atoms. The number of nitrogens with one attached hydrogen (secondary N) is 1. The molecule has 0 saturated heterocycles. The first-order valence-electron chi connectivity index (χ1n) is 5.37. The van der Waals surface area contributed by atoms with E-state index in [1.54, 1.807) is 12.5 Å². The quantitative estimate of drug-likeness (QED) is 0.688. The summed E-state index contributed by atoms with van der Waals surface area (Å²) in [6, 6.07) is 0. The van der Waals surface area contributed by atoms with Gasteiger partial charge < -0.3 is 14.5 Å². The van der Waals surface area contributed by atoms with Crippen molar-refractivity contribution in [2.45, 2.75) is 37.7 Å². The molecule has 1 aliphatic carbocycles. The first kappa shape index (κ1) is 8.21. The van der Waals surface area contributed by atoms with Crippen LogP contribution in [0.4, 0.5) is 5.69 Å². The topological polar surface area (TPSA) is 34.4 Å². The molecule has 0 radical (unpaired) electrons. The summed E-state index contributed by atoms with van der Waals surface area (Å²) >= 11 is 0. The molecule has 14 heavy (non-hydrogen) atoms. The Morgan fingerprint density at radius 2 is 2.00 bits per heavy atom. The molecular formula is C11H15NO2. The van der Waals surface area contributed by atoms with Crippen molar-refractivity contribution in [3.8, 4) is 5.75 Å². The van der Waals surface area contributed by atoms with Gasteiger partial charge in [-0.1, -0.05) is 6.42 Å². The van der Waals surface area contributed by atoms with Gasteiger partial charge in [0.15, 0.2) is 5.75 Å². The third-order valence-electron chi connectivity index (χ3n) is 3.32. The fourth-order valence-corrected chi connectivity index (χ4v) is 2.49. The summed E-state index contributed by atoms with van der Waals surface area (Å²) in [6.07, 6.45) is 9.67. The van der Waals surface area contributed by atoms with E-state index in [-0.39, 0.29) is 5.60 Å². The zero-order valence-electron chi connectivity index (χ0n) is 8.21. The molecule has 3 heteroatoms. The van der Waals surface area contributed by atoms with E-state index in [9.17, 15) is 0 Å². The average molecular weight is 193 g/mol. The van der Waals surface area contributed by atoms with Gasteiger partial charge in [0, 0.05) is 0 Å². The minimum Gasteiger partial charge on any atom is -0.480 e. The molecule has 0 bridgehead atoms. The smallest absolute Gasteiger partial charge is 0.181 e. The maximum atomic E-state index is 6.04. The average Bonchev–Trinajstić information content (AvgIpc) is 2.66. The highest BCUT2D eigenvalue weighted by Gasteiger charge is 2.38. The van der Waals surface area contributed by atoms with Crippen LogP contribution >= 0.6 is 0 Å². The Balaban J connectivity index is 1.85. The van der Waals surface area contributed by atoms with E-state index in [4.69, 9.17) is 9.15 Å². The number of ether oxygens (including phenoxy) is 1. The molecule has 0 atom stereocenters. The van der Waals surface area contributed by atoms with Gasteiger partial charge in [-0.25, -0.2) is 0 Å². The van der Waals surface area contributed by atoms with E-state index in [0.29, 0.717) is 0 Å². The second kappa shape index (κ2) is 2.94. The third-order valence-corrected chi connectivity index (χ3v) is 3.32.